The third-order valence-corrected chi connectivity index (χ3v) is 8.98. The highest BCUT2D eigenvalue weighted by Crippen LogP contribution is 2.35. The van der Waals surface area contributed by atoms with Crippen LogP contribution in [0.15, 0.2) is 41.3 Å². The first-order valence-corrected chi connectivity index (χ1v) is 13.7. The number of amides is 4. The Morgan fingerprint density at radius 3 is 2.39 bits per heavy atom. The second kappa shape index (κ2) is 10.2. The number of urea groups is 1. The number of nitrogens with one attached hydrogen (secondary N) is 2. The number of piperidine rings is 1. The second-order valence-corrected chi connectivity index (χ2v) is 11.9. The maximum absolute atomic E-state index is 13.2. The van der Waals surface area contributed by atoms with E-state index in [1.807, 2.05) is 0 Å². The molecule has 36 heavy (non-hydrogen) atoms. The number of carbonyl (C=O) groups excluding carboxylic acids is 3. The monoisotopic (exact) mass is 572 g/mol. The van der Waals surface area contributed by atoms with Crippen molar-refractivity contribution in [3.8, 4) is 0 Å². The van der Waals surface area contributed by atoms with Crippen molar-refractivity contribution in [3.05, 3.63) is 57.0 Å². The molecule has 0 aromatic heterocycles. The molecule has 13 heteroatoms. The first-order chi connectivity index (χ1) is 16.9. The molecule has 9 nitrogen and oxygen atoms in total. The molecule has 4 amide bonds. The summed E-state index contributed by atoms with van der Waals surface area (Å²) in [7, 11) is -3.76. The number of rotatable bonds is 6. The highest BCUT2D eigenvalue weighted by Gasteiger charge is 2.50. The van der Waals surface area contributed by atoms with Crippen LogP contribution < -0.4 is 10.6 Å². The molecule has 0 bridgehead atoms. The van der Waals surface area contributed by atoms with E-state index in [1.54, 1.807) is 0 Å². The van der Waals surface area contributed by atoms with Gasteiger partial charge in [-0.05, 0) is 50.1 Å². The SMILES string of the molecule is CC1(c2ccc(Cl)cc2Cl)NC(=O)N(CC(=O)Nc2cc(S(=O)(=O)N3CCCCC3)ccc2Cl)C1=O. The van der Waals surface area contributed by atoms with E-state index in [9.17, 15) is 22.8 Å². The molecular formula is C23H23Cl3N4O5S. The first kappa shape index (κ1) is 26.7. The van der Waals surface area contributed by atoms with Crippen LogP contribution in [0, 0.1) is 0 Å². The predicted octanol–water partition coefficient (Wildman–Crippen LogP) is 4.23. The van der Waals surface area contributed by atoms with Crippen molar-refractivity contribution in [3.63, 3.8) is 0 Å². The van der Waals surface area contributed by atoms with Gasteiger partial charge in [0.2, 0.25) is 15.9 Å². The Labute approximate surface area is 223 Å². The van der Waals surface area contributed by atoms with Crippen molar-refractivity contribution < 1.29 is 22.8 Å². The van der Waals surface area contributed by atoms with Gasteiger partial charge >= 0.3 is 6.03 Å². The summed E-state index contributed by atoms with van der Waals surface area (Å²) in [5.41, 5.74) is -1.12. The lowest BCUT2D eigenvalue weighted by Crippen LogP contribution is -2.42. The largest absolute Gasteiger partial charge is 0.325 e. The molecule has 1 unspecified atom stereocenters. The van der Waals surface area contributed by atoms with Crippen LogP contribution in [-0.4, -0.2) is 55.1 Å². The number of hydrogen-bond donors (Lipinski definition) is 2. The highest BCUT2D eigenvalue weighted by atomic mass is 35.5. The number of hydrogen-bond acceptors (Lipinski definition) is 5. The van der Waals surface area contributed by atoms with Crippen molar-refractivity contribution in [2.24, 2.45) is 0 Å². The lowest BCUT2D eigenvalue weighted by molar-refractivity contribution is -0.133. The van der Waals surface area contributed by atoms with Crippen molar-refractivity contribution in [2.75, 3.05) is 25.0 Å². The van der Waals surface area contributed by atoms with E-state index in [0.29, 0.717) is 23.7 Å². The molecule has 1 atom stereocenters. The standard InChI is InChI=1S/C23H23Cl3N4O5S/c1-23(16-7-5-14(24)11-18(16)26)21(32)30(22(33)28-23)13-20(31)27-19-12-15(6-8-17(19)25)36(34,35)29-9-3-2-4-10-29/h5-8,11-12H,2-4,9-10,13H2,1H3,(H,27,31)(H,28,33). The van der Waals surface area contributed by atoms with Crippen LogP contribution in [0.25, 0.3) is 0 Å². The molecule has 2 saturated heterocycles. The number of benzene rings is 2. The van der Waals surface area contributed by atoms with E-state index in [-0.39, 0.29) is 20.6 Å². The van der Waals surface area contributed by atoms with Gasteiger partial charge in [-0.3, -0.25) is 14.5 Å². The summed E-state index contributed by atoms with van der Waals surface area (Å²) in [5, 5.41) is 5.73. The molecule has 2 aromatic carbocycles. The van der Waals surface area contributed by atoms with E-state index in [0.717, 1.165) is 24.2 Å². The van der Waals surface area contributed by atoms with Crippen molar-refractivity contribution in [2.45, 2.75) is 36.6 Å². The Balaban J connectivity index is 1.51. The zero-order valence-electron chi connectivity index (χ0n) is 19.2. The van der Waals surface area contributed by atoms with E-state index < -0.39 is 40.0 Å². The van der Waals surface area contributed by atoms with Crippen LogP contribution in [0.2, 0.25) is 15.1 Å². The summed E-state index contributed by atoms with van der Waals surface area (Å²) in [5.74, 6) is -1.42. The topological polar surface area (TPSA) is 116 Å². The molecule has 2 N–H and O–H groups in total. The van der Waals surface area contributed by atoms with Gasteiger partial charge in [0.1, 0.15) is 12.1 Å². The molecule has 4 rings (SSSR count). The summed E-state index contributed by atoms with van der Waals surface area (Å²) in [6.45, 7) is 1.71. The number of halogens is 3. The third kappa shape index (κ3) is 5.05. The second-order valence-electron chi connectivity index (χ2n) is 8.73. The molecule has 2 heterocycles. The van der Waals surface area contributed by atoms with Crippen LogP contribution in [0.1, 0.15) is 31.7 Å². The Morgan fingerprint density at radius 1 is 1.03 bits per heavy atom. The van der Waals surface area contributed by atoms with E-state index in [4.69, 9.17) is 34.8 Å². The van der Waals surface area contributed by atoms with Gasteiger partial charge < -0.3 is 10.6 Å². The molecule has 192 valence electrons. The maximum atomic E-state index is 13.2. The molecule has 2 aromatic rings. The molecule has 2 aliphatic rings. The summed E-state index contributed by atoms with van der Waals surface area (Å²) in [6, 6.07) is 7.76. The predicted molar refractivity (Wildman–Crippen MR) is 137 cm³/mol. The molecule has 2 aliphatic heterocycles. The minimum atomic E-state index is -3.76. The zero-order valence-corrected chi connectivity index (χ0v) is 22.3. The minimum Gasteiger partial charge on any atom is -0.323 e. The number of sulfonamides is 1. The fraction of sp³-hybridized carbons (Fsp3) is 0.348. The van der Waals surface area contributed by atoms with Crippen LogP contribution in [-0.2, 0) is 25.2 Å². The van der Waals surface area contributed by atoms with Crippen molar-refractivity contribution >= 4 is 68.4 Å². The Bertz CT molecular complexity index is 1350. The maximum Gasteiger partial charge on any atom is 0.325 e. The van der Waals surface area contributed by atoms with Crippen LogP contribution >= 0.6 is 34.8 Å². The number of anilines is 1. The first-order valence-electron chi connectivity index (χ1n) is 11.1. The molecule has 0 aliphatic carbocycles. The summed E-state index contributed by atoms with van der Waals surface area (Å²) in [4.78, 5) is 39.3. The molecule has 0 spiro atoms. The molecular weight excluding hydrogens is 551 g/mol. The van der Waals surface area contributed by atoms with Gasteiger partial charge in [-0.1, -0.05) is 47.3 Å². The molecule has 0 radical (unpaired) electrons. The normalized spacial score (nSPS) is 20.9. The molecule has 0 saturated carbocycles. The Hall–Kier alpha value is -2.37. The van der Waals surface area contributed by atoms with Crippen LogP contribution in [0.5, 0.6) is 0 Å². The smallest absolute Gasteiger partial charge is 0.323 e. The third-order valence-electron chi connectivity index (χ3n) is 6.21. The fourth-order valence-electron chi connectivity index (χ4n) is 4.27. The van der Waals surface area contributed by atoms with Gasteiger partial charge in [-0.25, -0.2) is 13.2 Å². The minimum absolute atomic E-state index is 0.0101. The molecule has 2 fully saturated rings. The van der Waals surface area contributed by atoms with Crippen LogP contribution in [0.4, 0.5) is 10.5 Å². The quantitative estimate of drug-likeness (QED) is 0.502. The van der Waals surface area contributed by atoms with Gasteiger partial charge in [-0.15, -0.1) is 0 Å². The number of imide groups is 1. The van der Waals surface area contributed by atoms with E-state index in [2.05, 4.69) is 10.6 Å². The van der Waals surface area contributed by atoms with Gasteiger partial charge in [0, 0.05) is 28.7 Å². The lowest BCUT2D eigenvalue weighted by Gasteiger charge is -2.26. The highest BCUT2D eigenvalue weighted by molar-refractivity contribution is 7.89. The average molecular weight is 574 g/mol. The van der Waals surface area contributed by atoms with Crippen molar-refractivity contribution in [1.82, 2.24) is 14.5 Å². The Kier molecular flexibility index (Phi) is 7.55. The van der Waals surface area contributed by atoms with Gasteiger partial charge in [-0.2, -0.15) is 4.31 Å². The van der Waals surface area contributed by atoms with Gasteiger partial charge in [0.15, 0.2) is 0 Å². The summed E-state index contributed by atoms with van der Waals surface area (Å²) in [6.07, 6.45) is 2.53. The number of nitrogens with zero attached hydrogens (tertiary/aromatic N) is 2. The van der Waals surface area contributed by atoms with Gasteiger partial charge in [0.25, 0.3) is 5.91 Å². The fourth-order valence-corrected chi connectivity index (χ4v) is 6.57. The zero-order chi connectivity index (χ0) is 26.3. The average Bonchev–Trinajstić information content (AvgIpc) is 3.04. The number of carbonyl (C=O) groups is 3. The van der Waals surface area contributed by atoms with E-state index >= 15 is 0 Å². The van der Waals surface area contributed by atoms with Crippen molar-refractivity contribution in [1.29, 1.82) is 0 Å². The van der Waals surface area contributed by atoms with Crippen LogP contribution in [0.3, 0.4) is 0 Å². The van der Waals surface area contributed by atoms with E-state index in [1.165, 1.54) is 47.6 Å². The Morgan fingerprint density at radius 2 is 1.72 bits per heavy atom. The summed E-state index contributed by atoms with van der Waals surface area (Å²) >= 11 is 18.4. The summed E-state index contributed by atoms with van der Waals surface area (Å²) < 4.78 is 27.4. The lowest BCUT2D eigenvalue weighted by atomic mass is 9.92. The van der Waals surface area contributed by atoms with Gasteiger partial charge in [0.05, 0.1) is 15.6 Å².